The summed E-state index contributed by atoms with van der Waals surface area (Å²) < 4.78 is 5.45. The molecule has 2 aromatic carbocycles. The fourth-order valence-corrected chi connectivity index (χ4v) is 3.78. The summed E-state index contributed by atoms with van der Waals surface area (Å²) in [5, 5.41) is 9.29. The number of aromatic carboxylic acids is 1. The summed E-state index contributed by atoms with van der Waals surface area (Å²) in [4.78, 5) is 38.9. The van der Waals surface area contributed by atoms with Crippen LogP contribution in [0.1, 0.15) is 27.6 Å². The number of hydrogen-bond acceptors (Lipinski definition) is 7. The molecule has 0 saturated carbocycles. The van der Waals surface area contributed by atoms with Gasteiger partial charge in [-0.1, -0.05) is 12.1 Å². The molecule has 1 N–H and O–H groups in total. The first-order valence-electron chi connectivity index (χ1n) is 10.0. The van der Waals surface area contributed by atoms with Gasteiger partial charge in [0.1, 0.15) is 11.4 Å². The zero-order valence-electron chi connectivity index (χ0n) is 18.2. The standard InChI is InChI=1S/C23H23N5O4/c1-5-28(17-11-10-14(22(30)31)12-19(17)32-4)23-24-13-18-20(25-23)26(2)16-9-7-6-8-15(16)21(29)27(18)3/h6-13H,5H2,1-4H3,(H,30,31). The molecule has 0 fully saturated rings. The van der Waals surface area contributed by atoms with Crippen LogP contribution in [0.5, 0.6) is 5.75 Å². The molecule has 4 rings (SSSR count). The molecule has 9 heteroatoms. The maximum Gasteiger partial charge on any atom is 0.335 e. The smallest absolute Gasteiger partial charge is 0.335 e. The molecular weight excluding hydrogens is 410 g/mol. The van der Waals surface area contributed by atoms with Crippen LogP contribution in [-0.4, -0.2) is 54.7 Å². The first-order valence-corrected chi connectivity index (χ1v) is 10.0. The summed E-state index contributed by atoms with van der Waals surface area (Å²) >= 11 is 0. The summed E-state index contributed by atoms with van der Waals surface area (Å²) in [7, 11) is 5.05. The number of carboxylic acid groups (broad SMARTS) is 1. The molecular formula is C23H23N5O4. The van der Waals surface area contributed by atoms with E-state index in [0.29, 0.717) is 41.0 Å². The number of carboxylic acids is 1. The van der Waals surface area contributed by atoms with Gasteiger partial charge in [0.25, 0.3) is 5.91 Å². The fraction of sp³-hybridized carbons (Fsp3) is 0.217. The lowest BCUT2D eigenvalue weighted by molar-refractivity contribution is 0.0696. The SMILES string of the molecule is CCN(c1ncc2c(n1)N(C)c1ccccc1C(=O)N2C)c1ccc(C(=O)O)cc1OC. The van der Waals surface area contributed by atoms with Crippen molar-refractivity contribution in [2.24, 2.45) is 0 Å². The van der Waals surface area contributed by atoms with Crippen molar-refractivity contribution >= 4 is 40.7 Å². The lowest BCUT2D eigenvalue weighted by Crippen LogP contribution is -2.26. The molecule has 1 aliphatic heterocycles. The van der Waals surface area contributed by atoms with Crippen molar-refractivity contribution < 1.29 is 19.4 Å². The van der Waals surface area contributed by atoms with Gasteiger partial charge in [0.15, 0.2) is 5.82 Å². The number of carbonyl (C=O) groups excluding carboxylic acids is 1. The van der Waals surface area contributed by atoms with Gasteiger partial charge in [0.2, 0.25) is 5.95 Å². The van der Waals surface area contributed by atoms with Crippen LogP contribution in [0.2, 0.25) is 0 Å². The fourth-order valence-electron chi connectivity index (χ4n) is 3.78. The van der Waals surface area contributed by atoms with Gasteiger partial charge in [-0.2, -0.15) is 4.98 Å². The van der Waals surface area contributed by atoms with Crippen molar-refractivity contribution in [2.75, 3.05) is 42.4 Å². The van der Waals surface area contributed by atoms with Gasteiger partial charge in [-0.25, -0.2) is 9.78 Å². The van der Waals surface area contributed by atoms with Crippen molar-refractivity contribution in [3.63, 3.8) is 0 Å². The number of carbonyl (C=O) groups is 2. The number of rotatable bonds is 5. The second-order valence-electron chi connectivity index (χ2n) is 7.26. The minimum absolute atomic E-state index is 0.126. The number of fused-ring (bicyclic) bond motifs is 2. The first kappa shape index (κ1) is 21.1. The molecule has 0 unspecified atom stereocenters. The van der Waals surface area contributed by atoms with Crippen molar-refractivity contribution in [3.05, 3.63) is 59.8 Å². The molecule has 0 saturated heterocycles. The molecule has 0 spiro atoms. The number of anilines is 5. The zero-order chi connectivity index (χ0) is 23.0. The van der Waals surface area contributed by atoms with Crippen molar-refractivity contribution in [2.45, 2.75) is 6.92 Å². The molecule has 0 atom stereocenters. The number of para-hydroxylation sites is 1. The Kier molecular flexibility index (Phi) is 5.40. The summed E-state index contributed by atoms with van der Waals surface area (Å²) in [6.07, 6.45) is 1.62. The van der Waals surface area contributed by atoms with E-state index in [2.05, 4.69) is 4.98 Å². The van der Waals surface area contributed by atoms with Crippen LogP contribution in [-0.2, 0) is 0 Å². The van der Waals surface area contributed by atoms with E-state index in [1.807, 2.05) is 42.0 Å². The third-order valence-electron chi connectivity index (χ3n) is 5.49. The summed E-state index contributed by atoms with van der Waals surface area (Å²) in [6.45, 7) is 2.45. The van der Waals surface area contributed by atoms with Crippen LogP contribution in [0.15, 0.2) is 48.7 Å². The molecule has 32 heavy (non-hydrogen) atoms. The van der Waals surface area contributed by atoms with Gasteiger partial charge < -0.3 is 24.5 Å². The summed E-state index contributed by atoms with van der Waals surface area (Å²) in [5.41, 5.74) is 2.68. The zero-order valence-corrected chi connectivity index (χ0v) is 18.2. The second kappa shape index (κ2) is 8.18. The maximum absolute atomic E-state index is 13.0. The molecule has 1 aliphatic rings. The Morgan fingerprint density at radius 3 is 2.56 bits per heavy atom. The molecule has 1 aromatic heterocycles. The minimum atomic E-state index is -1.04. The monoisotopic (exact) mass is 433 g/mol. The second-order valence-corrected chi connectivity index (χ2v) is 7.26. The van der Waals surface area contributed by atoms with E-state index in [1.54, 1.807) is 30.3 Å². The molecule has 0 bridgehead atoms. The van der Waals surface area contributed by atoms with E-state index >= 15 is 0 Å². The van der Waals surface area contributed by atoms with Crippen LogP contribution in [0.3, 0.4) is 0 Å². The third kappa shape index (κ3) is 3.37. The lowest BCUT2D eigenvalue weighted by Gasteiger charge is -2.26. The van der Waals surface area contributed by atoms with E-state index in [0.717, 1.165) is 5.69 Å². The molecule has 0 radical (unpaired) electrons. The van der Waals surface area contributed by atoms with Crippen LogP contribution < -0.4 is 19.4 Å². The topological polar surface area (TPSA) is 99.1 Å². The number of methoxy groups -OCH3 is 1. The lowest BCUT2D eigenvalue weighted by atomic mass is 10.1. The summed E-state index contributed by atoms with van der Waals surface area (Å²) in [6, 6.07) is 12.0. The number of nitrogens with zero attached hydrogens (tertiary/aromatic N) is 5. The number of hydrogen-bond donors (Lipinski definition) is 1. The highest BCUT2D eigenvalue weighted by atomic mass is 16.5. The van der Waals surface area contributed by atoms with E-state index in [1.165, 1.54) is 19.2 Å². The maximum atomic E-state index is 13.0. The molecule has 1 amide bonds. The Morgan fingerprint density at radius 2 is 1.88 bits per heavy atom. The van der Waals surface area contributed by atoms with Crippen molar-refractivity contribution in [3.8, 4) is 5.75 Å². The Labute approximate surface area is 185 Å². The normalized spacial score (nSPS) is 12.7. The van der Waals surface area contributed by atoms with Gasteiger partial charge in [-0.15, -0.1) is 0 Å². The molecule has 9 nitrogen and oxygen atoms in total. The van der Waals surface area contributed by atoms with E-state index in [4.69, 9.17) is 9.72 Å². The highest BCUT2D eigenvalue weighted by Crippen LogP contribution is 2.40. The van der Waals surface area contributed by atoms with Crippen molar-refractivity contribution in [1.82, 2.24) is 9.97 Å². The average Bonchev–Trinajstić information content (AvgIpc) is 2.89. The van der Waals surface area contributed by atoms with Crippen LogP contribution in [0, 0.1) is 0 Å². The Balaban J connectivity index is 1.84. The van der Waals surface area contributed by atoms with Crippen LogP contribution in [0.4, 0.5) is 28.8 Å². The average molecular weight is 433 g/mol. The number of amides is 1. The minimum Gasteiger partial charge on any atom is -0.495 e. The quantitative estimate of drug-likeness (QED) is 0.650. The summed E-state index contributed by atoms with van der Waals surface area (Å²) in [5.74, 6) is 0.208. The molecule has 164 valence electrons. The highest BCUT2D eigenvalue weighted by molar-refractivity contribution is 6.13. The van der Waals surface area contributed by atoms with E-state index in [9.17, 15) is 14.7 Å². The van der Waals surface area contributed by atoms with Gasteiger partial charge in [0.05, 0.1) is 35.8 Å². The number of aromatic nitrogens is 2. The van der Waals surface area contributed by atoms with Crippen LogP contribution in [0.25, 0.3) is 0 Å². The molecule has 2 heterocycles. The van der Waals surface area contributed by atoms with Gasteiger partial charge >= 0.3 is 5.97 Å². The molecule has 0 aliphatic carbocycles. The Hall–Kier alpha value is -4.14. The van der Waals surface area contributed by atoms with Gasteiger partial charge in [0, 0.05) is 20.6 Å². The van der Waals surface area contributed by atoms with E-state index < -0.39 is 5.97 Å². The third-order valence-corrected chi connectivity index (χ3v) is 5.49. The predicted octanol–water partition coefficient (Wildman–Crippen LogP) is 3.70. The van der Waals surface area contributed by atoms with Crippen LogP contribution >= 0.6 is 0 Å². The number of benzene rings is 2. The number of ether oxygens (including phenoxy) is 1. The Bertz CT molecular complexity index is 1210. The largest absolute Gasteiger partial charge is 0.495 e. The first-order chi connectivity index (χ1) is 15.4. The molecule has 3 aromatic rings. The van der Waals surface area contributed by atoms with Gasteiger partial charge in [-0.3, -0.25) is 4.79 Å². The van der Waals surface area contributed by atoms with E-state index in [-0.39, 0.29) is 11.5 Å². The highest BCUT2D eigenvalue weighted by Gasteiger charge is 2.29. The Morgan fingerprint density at radius 1 is 1.12 bits per heavy atom. The van der Waals surface area contributed by atoms with Crippen molar-refractivity contribution in [1.29, 1.82) is 0 Å². The van der Waals surface area contributed by atoms with Gasteiger partial charge in [-0.05, 0) is 37.3 Å². The predicted molar refractivity (Wildman–Crippen MR) is 122 cm³/mol.